The van der Waals surface area contributed by atoms with Crippen LogP contribution in [0, 0.1) is 0 Å². The number of hydrogen-bond acceptors (Lipinski definition) is 8. The van der Waals surface area contributed by atoms with Crippen molar-refractivity contribution >= 4 is 54.5 Å². The maximum Gasteiger partial charge on any atom is 0.126 e. The predicted octanol–water partition coefficient (Wildman–Crippen LogP) is 8.47. The van der Waals surface area contributed by atoms with Crippen LogP contribution in [0.5, 0.6) is 17.2 Å². The van der Waals surface area contributed by atoms with Crippen molar-refractivity contribution in [3.8, 4) is 28.6 Å². The van der Waals surface area contributed by atoms with Gasteiger partial charge in [0.05, 0.1) is 31.1 Å². The summed E-state index contributed by atoms with van der Waals surface area (Å²) < 4.78 is 10.9. The predicted molar refractivity (Wildman–Crippen MR) is 207 cm³/mol. The molecule has 0 unspecified atom stereocenters. The molecular weight excluding hydrogens is 855 g/mol. The van der Waals surface area contributed by atoms with Gasteiger partial charge < -0.3 is 14.6 Å². The molecule has 3 aromatic heterocycles. The summed E-state index contributed by atoms with van der Waals surface area (Å²) in [7, 11) is 3.36. The average Bonchev–Trinajstić information content (AvgIpc) is 3.86. The van der Waals surface area contributed by atoms with Crippen molar-refractivity contribution in [1.29, 1.82) is 0 Å². The quantitative estimate of drug-likeness (QED) is 0.173. The van der Waals surface area contributed by atoms with Gasteiger partial charge in [-0.3, -0.25) is 4.98 Å². The molecule has 0 N–H and O–H groups in total. The molecule has 0 saturated heterocycles. The van der Waals surface area contributed by atoms with Gasteiger partial charge in [-0.2, -0.15) is 0 Å². The molecule has 10 aromatic rings. The van der Waals surface area contributed by atoms with Gasteiger partial charge in [0, 0.05) is 47.8 Å². The summed E-state index contributed by atoms with van der Waals surface area (Å²) >= 11 is 0. The van der Waals surface area contributed by atoms with E-state index in [1.54, 1.807) is 36.1 Å². The van der Waals surface area contributed by atoms with E-state index in [-0.39, 0.29) is 25.9 Å². The van der Waals surface area contributed by atoms with E-state index in [0.29, 0.717) is 5.52 Å². The van der Waals surface area contributed by atoms with Gasteiger partial charge in [0.15, 0.2) is 0 Å². The van der Waals surface area contributed by atoms with E-state index in [9.17, 15) is 5.11 Å². The van der Waals surface area contributed by atoms with E-state index in [0.717, 1.165) is 71.9 Å². The molecule has 0 saturated carbocycles. The molecule has 3 heterocycles. The van der Waals surface area contributed by atoms with Crippen molar-refractivity contribution < 1.29 is 34.7 Å². The summed E-state index contributed by atoms with van der Waals surface area (Å²) in [6, 6.07) is 48.6. The average molecular weight is 887 g/mol. The van der Waals surface area contributed by atoms with Crippen LogP contribution in [-0.2, 0) is 20.1 Å². The van der Waals surface area contributed by atoms with Gasteiger partial charge in [-0.1, -0.05) is 103 Å². The minimum atomic E-state index is -0.0110. The molecule has 0 atom stereocenters. The number of pyridine rings is 1. The Morgan fingerprint density at radius 2 is 0.852 bits per heavy atom. The number of methoxy groups -OCH3 is 2. The van der Waals surface area contributed by atoms with Gasteiger partial charge in [-0.05, 0) is 60.0 Å². The van der Waals surface area contributed by atoms with Gasteiger partial charge in [-0.15, -0.1) is 30.0 Å². The number of fused-ring (bicyclic) bond motifs is 5. The second-order valence-electron chi connectivity index (χ2n) is 12.0. The Balaban J connectivity index is 0.000000130. The van der Waals surface area contributed by atoms with Crippen LogP contribution in [-0.4, -0.2) is 49.2 Å². The van der Waals surface area contributed by atoms with Crippen LogP contribution in [0.25, 0.3) is 65.9 Å². The first-order chi connectivity index (χ1) is 26.1. The molecule has 7 aromatic carbocycles. The standard InChI is InChI=1S/2C17H13N3O.C9H7NO.Ir/c2*1-21-17-11-10-16(12-6-2-3-7-13(12)17)20-18-14-8-4-5-9-15(14)19-20;11-8-5-1-3-7-4-2-6-10-9(7)8;/h2*2-11H,1H3;1-6,11H;/p-1. The number of rotatable bonds is 4. The molecule has 0 aliphatic heterocycles. The number of aromatic nitrogens is 7. The third-order valence-electron chi connectivity index (χ3n) is 8.76. The van der Waals surface area contributed by atoms with E-state index in [1.165, 1.54) is 6.07 Å². The molecule has 54 heavy (non-hydrogen) atoms. The minimum absolute atomic E-state index is 0. The molecule has 10 rings (SSSR count). The molecule has 0 fully saturated rings. The Hall–Kier alpha value is -6.68. The summed E-state index contributed by atoms with van der Waals surface area (Å²) in [6.45, 7) is 0. The van der Waals surface area contributed by atoms with Crippen LogP contribution in [0.1, 0.15) is 0 Å². The van der Waals surface area contributed by atoms with Crippen molar-refractivity contribution in [2.24, 2.45) is 0 Å². The maximum atomic E-state index is 11.1. The first-order valence-electron chi connectivity index (χ1n) is 16.9. The van der Waals surface area contributed by atoms with E-state index >= 15 is 0 Å². The third kappa shape index (κ3) is 7.06. The normalized spacial score (nSPS) is 10.7. The van der Waals surface area contributed by atoms with Crippen LogP contribution < -0.4 is 14.6 Å². The molecule has 0 amide bonds. The SMILES string of the molecule is COc1ccc(-n2nc3ccccc3n2)c2ccccc12.COc1ccc(-n2nc3ccccc3n2)c2ccccc12.[Ir].[O-]c1cccc2cccnc12. The largest absolute Gasteiger partial charge is 0.871 e. The van der Waals surface area contributed by atoms with Gasteiger partial charge in [0.1, 0.15) is 33.6 Å². The summed E-state index contributed by atoms with van der Waals surface area (Å²) in [5, 5.41) is 34.5. The van der Waals surface area contributed by atoms with E-state index in [2.05, 4.69) is 37.5 Å². The zero-order valence-corrected chi connectivity index (χ0v) is 31.6. The number of para-hydroxylation sites is 1. The van der Waals surface area contributed by atoms with Crippen molar-refractivity contribution in [3.63, 3.8) is 0 Å². The summed E-state index contributed by atoms with van der Waals surface area (Å²) in [5.41, 5.74) is 5.99. The fourth-order valence-corrected chi connectivity index (χ4v) is 6.23. The summed E-state index contributed by atoms with van der Waals surface area (Å²) in [5.74, 6) is 1.69. The zero-order valence-electron chi connectivity index (χ0n) is 29.2. The fraction of sp³-hybridized carbons (Fsp3) is 0.0465. The van der Waals surface area contributed by atoms with Crippen LogP contribution in [0.15, 0.2) is 158 Å². The maximum absolute atomic E-state index is 11.1. The number of benzene rings is 7. The second-order valence-corrected chi connectivity index (χ2v) is 12.0. The molecule has 1 radical (unpaired) electrons. The van der Waals surface area contributed by atoms with Gasteiger partial charge >= 0.3 is 0 Å². The molecule has 267 valence electrons. The second kappa shape index (κ2) is 15.9. The monoisotopic (exact) mass is 887 g/mol. The van der Waals surface area contributed by atoms with E-state index in [1.807, 2.05) is 127 Å². The summed E-state index contributed by atoms with van der Waals surface area (Å²) in [6.07, 6.45) is 1.63. The van der Waals surface area contributed by atoms with Crippen molar-refractivity contribution in [3.05, 3.63) is 158 Å². The van der Waals surface area contributed by atoms with Crippen LogP contribution in [0.3, 0.4) is 0 Å². The first-order valence-corrected chi connectivity index (χ1v) is 16.9. The number of hydrogen-bond donors (Lipinski definition) is 0. The van der Waals surface area contributed by atoms with E-state index < -0.39 is 0 Å². The number of ether oxygens (including phenoxy) is 2. The Kier molecular flexibility index (Phi) is 10.5. The molecule has 0 bridgehead atoms. The topological polar surface area (TPSA) is 116 Å². The van der Waals surface area contributed by atoms with Gasteiger partial charge in [0.2, 0.25) is 0 Å². The van der Waals surface area contributed by atoms with Crippen molar-refractivity contribution in [2.45, 2.75) is 0 Å². The molecule has 0 aliphatic carbocycles. The fourth-order valence-electron chi connectivity index (χ4n) is 6.23. The minimum Gasteiger partial charge on any atom is -0.871 e. The zero-order chi connectivity index (χ0) is 36.1. The van der Waals surface area contributed by atoms with Crippen LogP contribution in [0.4, 0.5) is 0 Å². The van der Waals surface area contributed by atoms with Gasteiger partial charge in [-0.25, -0.2) is 0 Å². The molecule has 0 aliphatic rings. The molecule has 10 nitrogen and oxygen atoms in total. The third-order valence-corrected chi connectivity index (χ3v) is 8.76. The molecular formula is C43H32IrN7O3-. The first kappa shape index (κ1) is 35.7. The Morgan fingerprint density at radius 1 is 0.444 bits per heavy atom. The van der Waals surface area contributed by atoms with E-state index in [4.69, 9.17) is 9.47 Å². The van der Waals surface area contributed by atoms with Crippen LogP contribution in [0.2, 0.25) is 0 Å². The van der Waals surface area contributed by atoms with Crippen LogP contribution >= 0.6 is 0 Å². The Labute approximate surface area is 323 Å². The molecule has 11 heteroatoms. The van der Waals surface area contributed by atoms with Crippen molar-refractivity contribution in [1.82, 2.24) is 35.0 Å². The van der Waals surface area contributed by atoms with Gasteiger partial charge in [0.25, 0.3) is 0 Å². The Bertz CT molecular complexity index is 2640. The van der Waals surface area contributed by atoms with Crippen molar-refractivity contribution in [2.75, 3.05) is 14.2 Å². The number of nitrogens with zero attached hydrogens (tertiary/aromatic N) is 7. The summed E-state index contributed by atoms with van der Waals surface area (Å²) in [4.78, 5) is 7.34. The smallest absolute Gasteiger partial charge is 0.126 e. The Morgan fingerprint density at radius 3 is 1.28 bits per heavy atom. The molecule has 0 spiro atoms.